The number of halogens is 1. The molecule has 3 heterocycles. The predicted molar refractivity (Wildman–Crippen MR) is 104 cm³/mol. The van der Waals surface area contributed by atoms with Crippen molar-refractivity contribution in [3.05, 3.63) is 24.0 Å². The van der Waals surface area contributed by atoms with Gasteiger partial charge in [0.15, 0.2) is 5.65 Å². The maximum absolute atomic E-state index is 13.6. The number of rotatable bonds is 3. The van der Waals surface area contributed by atoms with Crippen LogP contribution >= 0.6 is 11.8 Å². The maximum Gasteiger partial charge on any atom is 0.233 e. The zero-order valence-electron chi connectivity index (χ0n) is 15.6. The van der Waals surface area contributed by atoms with E-state index in [1.807, 2.05) is 16.5 Å². The lowest BCUT2D eigenvalue weighted by Gasteiger charge is -2.39. The van der Waals surface area contributed by atoms with Gasteiger partial charge in [-0.2, -0.15) is 0 Å². The number of carbonyl (C=O) groups is 1. The summed E-state index contributed by atoms with van der Waals surface area (Å²) in [4.78, 5) is 19.2. The SMILES string of the molecule is CC1CCCC(C)N1C(=O)CSc1nnc2c3cc(F)ccc3n(C)c2n1. The van der Waals surface area contributed by atoms with E-state index in [1.54, 1.807) is 6.07 Å². The summed E-state index contributed by atoms with van der Waals surface area (Å²) in [5.74, 6) is 0.0913. The van der Waals surface area contributed by atoms with Crippen LogP contribution in [0, 0.1) is 5.82 Å². The van der Waals surface area contributed by atoms with Gasteiger partial charge in [-0.05, 0) is 51.3 Å². The van der Waals surface area contributed by atoms with E-state index in [2.05, 4.69) is 29.0 Å². The van der Waals surface area contributed by atoms with Crippen LogP contribution in [0.4, 0.5) is 4.39 Å². The summed E-state index contributed by atoms with van der Waals surface area (Å²) in [6.45, 7) is 4.22. The van der Waals surface area contributed by atoms with E-state index in [9.17, 15) is 9.18 Å². The number of aromatic nitrogens is 4. The number of benzene rings is 1. The number of likely N-dealkylation sites (tertiary alicyclic amines) is 1. The topological polar surface area (TPSA) is 63.9 Å². The van der Waals surface area contributed by atoms with Gasteiger partial charge in [-0.25, -0.2) is 9.37 Å². The zero-order valence-corrected chi connectivity index (χ0v) is 16.5. The molecular formula is C19H22FN5OS. The second kappa shape index (κ2) is 7.07. The Balaban J connectivity index is 1.57. The lowest BCUT2D eigenvalue weighted by atomic mass is 9.98. The first kappa shape index (κ1) is 18.2. The van der Waals surface area contributed by atoms with Crippen molar-refractivity contribution in [3.8, 4) is 0 Å². The smallest absolute Gasteiger partial charge is 0.233 e. The Labute approximate surface area is 161 Å². The van der Waals surface area contributed by atoms with Crippen LogP contribution in [-0.4, -0.2) is 48.4 Å². The van der Waals surface area contributed by atoms with Crippen LogP contribution in [-0.2, 0) is 11.8 Å². The molecule has 142 valence electrons. The normalized spacial score (nSPS) is 20.5. The molecule has 1 aromatic carbocycles. The van der Waals surface area contributed by atoms with Crippen LogP contribution in [0.15, 0.2) is 23.4 Å². The van der Waals surface area contributed by atoms with Gasteiger partial charge >= 0.3 is 0 Å². The summed E-state index contributed by atoms with van der Waals surface area (Å²) < 4.78 is 15.5. The molecule has 1 saturated heterocycles. The number of nitrogens with zero attached hydrogens (tertiary/aromatic N) is 5. The summed E-state index contributed by atoms with van der Waals surface area (Å²) >= 11 is 1.30. The van der Waals surface area contributed by atoms with Gasteiger partial charge in [-0.1, -0.05) is 11.8 Å². The number of piperidine rings is 1. The number of aryl methyl sites for hydroxylation is 1. The summed E-state index contributed by atoms with van der Waals surface area (Å²) in [6.07, 6.45) is 3.28. The van der Waals surface area contributed by atoms with Gasteiger partial charge in [0.2, 0.25) is 11.1 Å². The lowest BCUT2D eigenvalue weighted by molar-refractivity contribution is -0.134. The van der Waals surface area contributed by atoms with E-state index in [1.165, 1.54) is 30.3 Å². The van der Waals surface area contributed by atoms with Crippen molar-refractivity contribution in [3.63, 3.8) is 0 Å². The van der Waals surface area contributed by atoms with Crippen molar-refractivity contribution in [1.82, 2.24) is 24.6 Å². The van der Waals surface area contributed by atoms with Gasteiger partial charge in [-0.3, -0.25) is 4.79 Å². The molecule has 0 radical (unpaired) electrons. The van der Waals surface area contributed by atoms with Crippen LogP contribution in [0.2, 0.25) is 0 Å². The van der Waals surface area contributed by atoms with Crippen LogP contribution in [0.5, 0.6) is 0 Å². The highest BCUT2D eigenvalue weighted by molar-refractivity contribution is 7.99. The van der Waals surface area contributed by atoms with Crippen molar-refractivity contribution in [2.24, 2.45) is 7.05 Å². The van der Waals surface area contributed by atoms with Gasteiger partial charge in [-0.15, -0.1) is 10.2 Å². The van der Waals surface area contributed by atoms with Gasteiger partial charge in [0.05, 0.1) is 11.3 Å². The Kier molecular flexibility index (Phi) is 4.75. The number of carbonyl (C=O) groups excluding carboxylic acids is 1. The molecule has 1 fully saturated rings. The van der Waals surface area contributed by atoms with Crippen molar-refractivity contribution in [1.29, 1.82) is 0 Å². The monoisotopic (exact) mass is 387 g/mol. The second-order valence-electron chi connectivity index (χ2n) is 7.21. The van der Waals surface area contributed by atoms with Crippen LogP contribution in [0.1, 0.15) is 33.1 Å². The summed E-state index contributed by atoms with van der Waals surface area (Å²) in [6, 6.07) is 5.13. The molecule has 0 bridgehead atoms. The van der Waals surface area contributed by atoms with Crippen molar-refractivity contribution < 1.29 is 9.18 Å². The first-order chi connectivity index (χ1) is 13.0. The highest BCUT2D eigenvalue weighted by Crippen LogP contribution is 2.28. The first-order valence-corrected chi connectivity index (χ1v) is 10.2. The highest BCUT2D eigenvalue weighted by Gasteiger charge is 2.28. The van der Waals surface area contributed by atoms with Crippen molar-refractivity contribution in [2.75, 3.05) is 5.75 Å². The Morgan fingerprint density at radius 3 is 2.74 bits per heavy atom. The Morgan fingerprint density at radius 2 is 2.00 bits per heavy atom. The van der Waals surface area contributed by atoms with E-state index >= 15 is 0 Å². The van der Waals surface area contributed by atoms with Crippen LogP contribution in [0.3, 0.4) is 0 Å². The largest absolute Gasteiger partial charge is 0.337 e. The predicted octanol–water partition coefficient (Wildman–Crippen LogP) is 3.54. The van der Waals surface area contributed by atoms with Crippen LogP contribution in [0.25, 0.3) is 22.1 Å². The third-order valence-corrected chi connectivity index (χ3v) is 6.17. The van der Waals surface area contributed by atoms with Gasteiger partial charge < -0.3 is 9.47 Å². The summed E-state index contributed by atoms with van der Waals surface area (Å²) in [5, 5.41) is 9.55. The van der Waals surface area contributed by atoms with Gasteiger partial charge in [0, 0.05) is 24.5 Å². The average Bonchev–Trinajstić information content (AvgIpc) is 2.91. The third kappa shape index (κ3) is 3.26. The minimum Gasteiger partial charge on any atom is -0.337 e. The minimum absolute atomic E-state index is 0.113. The Hall–Kier alpha value is -2.22. The van der Waals surface area contributed by atoms with E-state index in [0.29, 0.717) is 27.5 Å². The fourth-order valence-corrected chi connectivity index (χ4v) is 4.64. The van der Waals surface area contributed by atoms with Crippen molar-refractivity contribution in [2.45, 2.75) is 50.4 Å². The first-order valence-electron chi connectivity index (χ1n) is 9.18. The maximum atomic E-state index is 13.6. The summed E-state index contributed by atoms with van der Waals surface area (Å²) in [5.41, 5.74) is 2.06. The fraction of sp³-hybridized carbons (Fsp3) is 0.474. The molecule has 2 unspecified atom stereocenters. The quantitative estimate of drug-likeness (QED) is 0.643. The molecule has 0 N–H and O–H groups in total. The molecular weight excluding hydrogens is 365 g/mol. The molecule has 6 nitrogen and oxygen atoms in total. The second-order valence-corrected chi connectivity index (χ2v) is 8.15. The molecule has 0 aliphatic carbocycles. The summed E-state index contributed by atoms with van der Waals surface area (Å²) in [7, 11) is 1.87. The van der Waals surface area contributed by atoms with Gasteiger partial charge in [0.1, 0.15) is 11.3 Å². The molecule has 27 heavy (non-hydrogen) atoms. The molecule has 4 rings (SSSR count). The Bertz CT molecular complexity index is 1010. The minimum atomic E-state index is -0.314. The van der Waals surface area contributed by atoms with E-state index in [4.69, 9.17) is 0 Å². The molecule has 1 aliphatic heterocycles. The van der Waals surface area contributed by atoms with Crippen molar-refractivity contribution >= 4 is 39.7 Å². The molecule has 0 saturated carbocycles. The number of thioether (sulfide) groups is 1. The van der Waals surface area contributed by atoms with E-state index in [0.717, 1.165) is 18.4 Å². The average molecular weight is 387 g/mol. The number of hydrogen-bond acceptors (Lipinski definition) is 5. The van der Waals surface area contributed by atoms with Crippen LogP contribution < -0.4 is 0 Å². The molecule has 3 aromatic rings. The molecule has 1 amide bonds. The molecule has 2 atom stereocenters. The number of amides is 1. The fourth-order valence-electron chi connectivity index (χ4n) is 3.99. The third-order valence-electron chi connectivity index (χ3n) is 5.35. The molecule has 8 heteroatoms. The van der Waals surface area contributed by atoms with Gasteiger partial charge in [0.25, 0.3) is 0 Å². The highest BCUT2D eigenvalue weighted by atomic mass is 32.2. The molecule has 0 spiro atoms. The number of fused-ring (bicyclic) bond motifs is 3. The number of hydrogen-bond donors (Lipinski definition) is 0. The zero-order chi connectivity index (χ0) is 19.1. The van der Waals surface area contributed by atoms with E-state index < -0.39 is 0 Å². The molecule has 2 aromatic heterocycles. The lowest BCUT2D eigenvalue weighted by Crippen LogP contribution is -2.48. The van der Waals surface area contributed by atoms with E-state index in [-0.39, 0.29) is 23.8 Å². The molecule has 1 aliphatic rings. The Morgan fingerprint density at radius 1 is 1.26 bits per heavy atom. The standard InChI is InChI=1S/C19H22FN5OS/c1-11-5-4-6-12(2)25(11)16(26)10-27-19-21-18-17(22-23-19)14-9-13(20)7-8-15(14)24(18)3/h7-9,11-12H,4-6,10H2,1-3H3.